The Labute approximate surface area is 148 Å². The fraction of sp³-hybridized carbons (Fsp3) is 0.200. The van der Waals surface area contributed by atoms with Crippen molar-refractivity contribution < 1.29 is 4.79 Å². The lowest BCUT2D eigenvalue weighted by molar-refractivity contribution is 0.0726. The van der Waals surface area contributed by atoms with Gasteiger partial charge < -0.3 is 4.90 Å². The van der Waals surface area contributed by atoms with Crippen LogP contribution in [0.3, 0.4) is 0 Å². The molecular weight excluding hydrogens is 426 g/mol. The van der Waals surface area contributed by atoms with Gasteiger partial charge in [-0.1, -0.05) is 0 Å². The maximum absolute atomic E-state index is 12.9. The summed E-state index contributed by atoms with van der Waals surface area (Å²) in [7, 11) is 0. The van der Waals surface area contributed by atoms with E-state index in [1.165, 1.54) is 0 Å². The van der Waals surface area contributed by atoms with Gasteiger partial charge in [-0.05, 0) is 43.5 Å². The van der Waals surface area contributed by atoms with Gasteiger partial charge in [-0.3, -0.25) is 9.78 Å². The van der Waals surface area contributed by atoms with Crippen LogP contribution in [0, 0.1) is 0 Å². The summed E-state index contributed by atoms with van der Waals surface area (Å²) in [6.07, 6.45) is 5.96. The number of nitrogens with zero attached hydrogens (tertiary/aromatic N) is 5. The van der Waals surface area contributed by atoms with Gasteiger partial charge in [0, 0.05) is 48.1 Å². The lowest BCUT2D eigenvalue weighted by Crippen LogP contribution is -2.37. The molecule has 6 nitrogen and oxygen atoms in total. The van der Waals surface area contributed by atoms with Gasteiger partial charge in [0.25, 0.3) is 5.91 Å². The van der Waals surface area contributed by atoms with Gasteiger partial charge in [-0.25, -0.2) is 9.50 Å². The van der Waals surface area contributed by atoms with Gasteiger partial charge in [-0.2, -0.15) is 5.10 Å². The Bertz CT molecular complexity index is 923. The van der Waals surface area contributed by atoms with Gasteiger partial charge in [0.1, 0.15) is 5.69 Å². The van der Waals surface area contributed by atoms with Crippen LogP contribution in [0.2, 0.25) is 0 Å². The van der Waals surface area contributed by atoms with Crippen molar-refractivity contribution in [1.82, 2.24) is 24.5 Å². The number of hydrogen-bond donors (Lipinski definition) is 0. The van der Waals surface area contributed by atoms with Crippen LogP contribution in [0.4, 0.5) is 0 Å². The molecule has 1 amide bonds. The molecule has 0 fully saturated rings. The standard InChI is InChI=1S/C15H11Br2N5O/c16-10-5-9-7-21(4-2-12(9)18-6-10)15(23)14-11(17)8-22-13(20-14)1-3-19-22/h1,3,5-6,8H,2,4,7H2. The molecule has 0 saturated carbocycles. The molecule has 0 unspecified atom stereocenters. The SMILES string of the molecule is O=C(c1nc2ccnn2cc1Br)N1CCc2ncc(Br)cc2C1. The minimum Gasteiger partial charge on any atom is -0.332 e. The molecule has 0 aliphatic carbocycles. The van der Waals surface area contributed by atoms with Gasteiger partial charge >= 0.3 is 0 Å². The maximum Gasteiger partial charge on any atom is 0.274 e. The summed E-state index contributed by atoms with van der Waals surface area (Å²) in [6, 6.07) is 3.79. The van der Waals surface area contributed by atoms with E-state index < -0.39 is 0 Å². The summed E-state index contributed by atoms with van der Waals surface area (Å²) >= 11 is 6.85. The van der Waals surface area contributed by atoms with Crippen LogP contribution in [0.15, 0.2) is 39.7 Å². The van der Waals surface area contributed by atoms with E-state index in [1.54, 1.807) is 34.1 Å². The molecular formula is C15H11Br2N5O. The highest BCUT2D eigenvalue weighted by molar-refractivity contribution is 9.10. The minimum absolute atomic E-state index is 0.0915. The average Bonchev–Trinajstić information content (AvgIpc) is 2.99. The molecule has 3 aromatic rings. The third-order valence-electron chi connectivity index (χ3n) is 3.83. The van der Waals surface area contributed by atoms with Gasteiger partial charge in [0.15, 0.2) is 5.65 Å². The predicted octanol–water partition coefficient (Wildman–Crippen LogP) is 2.85. The van der Waals surface area contributed by atoms with E-state index in [0.29, 0.717) is 28.9 Å². The van der Waals surface area contributed by atoms with Crippen molar-refractivity contribution >= 4 is 43.4 Å². The molecule has 116 valence electrons. The highest BCUT2D eigenvalue weighted by Crippen LogP contribution is 2.24. The quantitative estimate of drug-likeness (QED) is 0.588. The molecule has 0 spiro atoms. The van der Waals surface area contributed by atoms with Gasteiger partial charge in [-0.15, -0.1) is 0 Å². The largest absolute Gasteiger partial charge is 0.332 e. The normalized spacial score (nSPS) is 14.1. The Morgan fingerprint density at radius 1 is 1.30 bits per heavy atom. The number of aromatic nitrogens is 4. The average molecular weight is 437 g/mol. The zero-order chi connectivity index (χ0) is 16.0. The second kappa shape index (κ2) is 5.68. The van der Waals surface area contributed by atoms with Crippen LogP contribution >= 0.6 is 31.9 Å². The molecule has 0 bridgehead atoms. The molecule has 0 aromatic carbocycles. The molecule has 3 aromatic heterocycles. The van der Waals surface area contributed by atoms with Crippen molar-refractivity contribution in [2.45, 2.75) is 13.0 Å². The lowest BCUT2D eigenvalue weighted by atomic mass is 10.1. The van der Waals surface area contributed by atoms with Gasteiger partial charge in [0.05, 0.1) is 10.7 Å². The Balaban J connectivity index is 1.67. The topological polar surface area (TPSA) is 63.4 Å². The van der Waals surface area contributed by atoms with Crippen molar-refractivity contribution in [3.8, 4) is 0 Å². The molecule has 0 radical (unpaired) electrons. The summed E-state index contributed by atoms with van der Waals surface area (Å²) in [6.45, 7) is 1.18. The summed E-state index contributed by atoms with van der Waals surface area (Å²) in [5.41, 5.74) is 3.18. The molecule has 23 heavy (non-hydrogen) atoms. The fourth-order valence-corrected chi connectivity index (χ4v) is 3.53. The van der Waals surface area contributed by atoms with Crippen LogP contribution in [-0.4, -0.2) is 36.9 Å². The van der Waals surface area contributed by atoms with Gasteiger partial charge in [0.2, 0.25) is 0 Å². The fourth-order valence-electron chi connectivity index (χ4n) is 2.70. The molecule has 8 heteroatoms. The Kier molecular flexibility index (Phi) is 3.65. The smallest absolute Gasteiger partial charge is 0.274 e. The number of carbonyl (C=O) groups is 1. The third kappa shape index (κ3) is 2.66. The van der Waals surface area contributed by atoms with Crippen molar-refractivity contribution in [3.05, 3.63) is 56.6 Å². The van der Waals surface area contributed by atoms with E-state index in [9.17, 15) is 4.79 Å². The highest BCUT2D eigenvalue weighted by Gasteiger charge is 2.25. The van der Waals surface area contributed by atoms with Crippen molar-refractivity contribution in [1.29, 1.82) is 0 Å². The zero-order valence-corrected chi connectivity index (χ0v) is 15.1. The number of rotatable bonds is 1. The van der Waals surface area contributed by atoms with E-state index in [1.807, 2.05) is 6.07 Å². The number of halogens is 2. The number of fused-ring (bicyclic) bond motifs is 2. The molecule has 0 atom stereocenters. The number of carbonyl (C=O) groups excluding carboxylic acids is 1. The van der Waals surface area contributed by atoms with Crippen molar-refractivity contribution in [2.75, 3.05) is 6.54 Å². The van der Waals surface area contributed by atoms with Crippen LogP contribution in [-0.2, 0) is 13.0 Å². The van der Waals surface area contributed by atoms with E-state index in [0.717, 1.165) is 22.2 Å². The predicted molar refractivity (Wildman–Crippen MR) is 91.1 cm³/mol. The lowest BCUT2D eigenvalue weighted by Gasteiger charge is -2.28. The van der Waals surface area contributed by atoms with Crippen LogP contribution in [0.25, 0.3) is 5.65 Å². The van der Waals surface area contributed by atoms with Crippen LogP contribution in [0.5, 0.6) is 0 Å². The number of hydrogen-bond acceptors (Lipinski definition) is 4. The first-order valence-corrected chi connectivity index (χ1v) is 8.63. The van der Waals surface area contributed by atoms with Crippen molar-refractivity contribution in [2.24, 2.45) is 0 Å². The van der Waals surface area contributed by atoms with Crippen molar-refractivity contribution in [3.63, 3.8) is 0 Å². The summed E-state index contributed by atoms with van der Waals surface area (Å²) < 4.78 is 3.19. The Hall–Kier alpha value is -1.80. The zero-order valence-electron chi connectivity index (χ0n) is 11.9. The number of amides is 1. The van der Waals surface area contributed by atoms with Crippen LogP contribution in [0.1, 0.15) is 21.7 Å². The first kappa shape index (κ1) is 14.8. The van der Waals surface area contributed by atoms with E-state index >= 15 is 0 Å². The summed E-state index contributed by atoms with van der Waals surface area (Å²) in [4.78, 5) is 23.5. The van der Waals surface area contributed by atoms with E-state index in [4.69, 9.17) is 0 Å². The summed E-state index contributed by atoms with van der Waals surface area (Å²) in [5, 5.41) is 4.12. The highest BCUT2D eigenvalue weighted by atomic mass is 79.9. The molecule has 1 aliphatic heterocycles. The van der Waals surface area contributed by atoms with E-state index in [-0.39, 0.29) is 5.91 Å². The Morgan fingerprint density at radius 3 is 3.04 bits per heavy atom. The molecule has 0 saturated heterocycles. The summed E-state index contributed by atoms with van der Waals surface area (Å²) in [5.74, 6) is -0.0915. The third-order valence-corrected chi connectivity index (χ3v) is 4.85. The van der Waals surface area contributed by atoms with Crippen LogP contribution < -0.4 is 0 Å². The monoisotopic (exact) mass is 435 g/mol. The minimum atomic E-state index is -0.0915. The second-order valence-electron chi connectivity index (χ2n) is 5.31. The van der Waals surface area contributed by atoms with E-state index in [2.05, 4.69) is 46.9 Å². The maximum atomic E-state index is 12.9. The first-order chi connectivity index (χ1) is 11.1. The molecule has 0 N–H and O–H groups in total. The number of pyridine rings is 1. The molecule has 1 aliphatic rings. The Morgan fingerprint density at radius 2 is 2.17 bits per heavy atom. The first-order valence-electron chi connectivity index (χ1n) is 7.04. The molecule has 4 rings (SSSR count). The molecule has 4 heterocycles. The second-order valence-corrected chi connectivity index (χ2v) is 7.08.